The summed E-state index contributed by atoms with van der Waals surface area (Å²) in [5.41, 5.74) is 1.89. The van der Waals surface area contributed by atoms with Gasteiger partial charge in [-0.25, -0.2) is 0 Å². The van der Waals surface area contributed by atoms with Crippen LogP contribution in [0, 0.1) is 0 Å². The Morgan fingerprint density at radius 2 is 1.66 bits per heavy atom. The highest BCUT2D eigenvalue weighted by Crippen LogP contribution is 2.45. The van der Waals surface area contributed by atoms with E-state index in [1.54, 1.807) is 31.2 Å². The lowest BCUT2D eigenvalue weighted by molar-refractivity contribution is -0.124. The van der Waals surface area contributed by atoms with E-state index in [0.717, 1.165) is 5.56 Å². The van der Waals surface area contributed by atoms with Gasteiger partial charge in [-0.2, -0.15) is 0 Å². The monoisotopic (exact) mass is 441 g/mol. The van der Waals surface area contributed by atoms with E-state index in [-0.39, 0.29) is 11.8 Å². The van der Waals surface area contributed by atoms with E-state index in [1.165, 1.54) is 14.2 Å². The average Bonchev–Trinajstić information content (AvgIpc) is 2.80. The Morgan fingerprint density at radius 1 is 1.03 bits per heavy atom. The van der Waals surface area contributed by atoms with Crippen LogP contribution < -0.4 is 19.5 Å². The number of carbonyl (C=O) groups excluding carboxylic acids is 2. The molecule has 2 amide bonds. The summed E-state index contributed by atoms with van der Waals surface area (Å²) in [4.78, 5) is 30.4. The van der Waals surface area contributed by atoms with Crippen LogP contribution in [0.1, 0.15) is 33.4 Å². The number of benzene rings is 2. The number of ether oxygens (including phenoxy) is 3. The lowest BCUT2D eigenvalue weighted by Crippen LogP contribution is -2.46. The number of likely N-dealkylation sites (N-methyl/N-ethyl adjacent to an activating group) is 2. The highest BCUT2D eigenvalue weighted by Gasteiger charge is 2.43. The molecule has 0 radical (unpaired) electrons. The Kier molecular flexibility index (Phi) is 7.25. The van der Waals surface area contributed by atoms with Crippen molar-refractivity contribution in [3.63, 3.8) is 0 Å². The van der Waals surface area contributed by atoms with Crippen LogP contribution in [0.25, 0.3) is 0 Å². The van der Waals surface area contributed by atoms with Crippen LogP contribution in [0.4, 0.5) is 0 Å². The van der Waals surface area contributed by atoms with E-state index < -0.39 is 12.0 Å². The molecule has 2 atom stereocenters. The van der Waals surface area contributed by atoms with Crippen molar-refractivity contribution in [2.75, 3.05) is 55.6 Å². The largest absolute Gasteiger partial charge is 0.497 e. The number of hydrogen-bond acceptors (Lipinski definition) is 6. The molecule has 0 fully saturated rings. The lowest BCUT2D eigenvalue weighted by atomic mass is 9.79. The fourth-order valence-electron chi connectivity index (χ4n) is 4.06. The summed E-state index contributed by atoms with van der Waals surface area (Å²) in [5, 5.41) is 3.03. The maximum absolute atomic E-state index is 13.5. The first kappa shape index (κ1) is 23.4. The number of carbonyl (C=O) groups is 2. The molecule has 3 rings (SSSR count). The number of rotatable bonds is 8. The smallest absolute Gasteiger partial charge is 0.254 e. The van der Waals surface area contributed by atoms with Crippen molar-refractivity contribution in [3.05, 3.63) is 53.1 Å². The number of amides is 2. The van der Waals surface area contributed by atoms with Gasteiger partial charge in [-0.3, -0.25) is 9.59 Å². The SMILES string of the molecule is COc1ccc([C@@H]2[C@H](C(=O)NCCN(C)C)c3cc(OC)c(OC)cc3C(=O)N2C)cc1. The van der Waals surface area contributed by atoms with Crippen LogP contribution in [-0.4, -0.2) is 77.2 Å². The Morgan fingerprint density at radius 3 is 2.22 bits per heavy atom. The summed E-state index contributed by atoms with van der Waals surface area (Å²) in [6.45, 7) is 1.21. The molecule has 8 nitrogen and oxygen atoms in total. The fraction of sp³-hybridized carbons (Fsp3) is 0.417. The molecule has 0 saturated carbocycles. The van der Waals surface area contributed by atoms with Crippen molar-refractivity contribution in [2.24, 2.45) is 0 Å². The standard InChI is InChI=1S/C24H31N3O5/c1-26(2)12-11-25-23(28)21-17-13-19(31-5)20(32-6)14-18(17)24(29)27(3)22(21)15-7-9-16(30-4)10-8-15/h7-10,13-14,21-22H,11-12H2,1-6H3,(H,25,28)/t21-,22-/m1/s1. The Balaban J connectivity index is 2.12. The van der Waals surface area contributed by atoms with Crippen molar-refractivity contribution in [1.29, 1.82) is 0 Å². The van der Waals surface area contributed by atoms with E-state index >= 15 is 0 Å². The van der Waals surface area contributed by atoms with Gasteiger partial charge in [0.2, 0.25) is 5.91 Å². The van der Waals surface area contributed by atoms with E-state index in [2.05, 4.69) is 5.32 Å². The van der Waals surface area contributed by atoms with E-state index in [9.17, 15) is 9.59 Å². The predicted molar refractivity (Wildman–Crippen MR) is 122 cm³/mol. The molecule has 0 aromatic heterocycles. The topological polar surface area (TPSA) is 80.3 Å². The van der Waals surface area contributed by atoms with Crippen LogP contribution in [0.5, 0.6) is 17.2 Å². The third-order valence-corrected chi connectivity index (χ3v) is 5.77. The fourth-order valence-corrected chi connectivity index (χ4v) is 4.06. The van der Waals surface area contributed by atoms with Crippen molar-refractivity contribution < 1.29 is 23.8 Å². The zero-order valence-electron chi connectivity index (χ0n) is 19.5. The zero-order valence-corrected chi connectivity index (χ0v) is 19.5. The molecule has 0 bridgehead atoms. The summed E-state index contributed by atoms with van der Waals surface area (Å²) < 4.78 is 16.1. The van der Waals surface area contributed by atoms with Crippen LogP contribution in [0.3, 0.4) is 0 Å². The lowest BCUT2D eigenvalue weighted by Gasteiger charge is -2.40. The van der Waals surface area contributed by atoms with Gasteiger partial charge in [0.15, 0.2) is 11.5 Å². The molecule has 2 aromatic rings. The van der Waals surface area contributed by atoms with E-state index in [4.69, 9.17) is 14.2 Å². The molecule has 8 heteroatoms. The van der Waals surface area contributed by atoms with Gasteiger partial charge in [0.1, 0.15) is 5.75 Å². The zero-order chi connectivity index (χ0) is 23.4. The van der Waals surface area contributed by atoms with Crippen LogP contribution in [0.15, 0.2) is 36.4 Å². The summed E-state index contributed by atoms with van der Waals surface area (Å²) in [6.07, 6.45) is 0. The quantitative estimate of drug-likeness (QED) is 0.677. The number of methoxy groups -OCH3 is 3. The summed E-state index contributed by atoms with van der Waals surface area (Å²) >= 11 is 0. The minimum absolute atomic E-state index is 0.152. The van der Waals surface area contributed by atoms with Crippen LogP contribution >= 0.6 is 0 Å². The molecule has 172 valence electrons. The Bertz CT molecular complexity index is 974. The molecule has 1 aliphatic rings. The van der Waals surface area contributed by atoms with Crippen LogP contribution in [0.2, 0.25) is 0 Å². The third kappa shape index (κ3) is 4.50. The third-order valence-electron chi connectivity index (χ3n) is 5.77. The molecule has 1 heterocycles. The van der Waals surface area contributed by atoms with Gasteiger partial charge in [-0.15, -0.1) is 0 Å². The molecular formula is C24H31N3O5. The first-order chi connectivity index (χ1) is 15.3. The number of fused-ring (bicyclic) bond motifs is 1. The van der Waals surface area contributed by atoms with Crippen molar-refractivity contribution in [1.82, 2.24) is 15.1 Å². The van der Waals surface area contributed by atoms with Gasteiger partial charge in [0.25, 0.3) is 5.91 Å². The molecule has 0 unspecified atom stereocenters. The van der Waals surface area contributed by atoms with Gasteiger partial charge >= 0.3 is 0 Å². The molecule has 2 aromatic carbocycles. The molecular weight excluding hydrogens is 410 g/mol. The maximum Gasteiger partial charge on any atom is 0.254 e. The average molecular weight is 442 g/mol. The number of hydrogen-bond donors (Lipinski definition) is 1. The molecule has 0 aliphatic carbocycles. The van der Waals surface area contributed by atoms with Gasteiger partial charge in [0.05, 0.1) is 33.3 Å². The second-order valence-electron chi connectivity index (χ2n) is 8.00. The predicted octanol–water partition coefficient (Wildman–Crippen LogP) is 2.30. The van der Waals surface area contributed by atoms with Gasteiger partial charge in [-0.05, 0) is 49.5 Å². The van der Waals surface area contributed by atoms with Crippen molar-refractivity contribution >= 4 is 11.8 Å². The minimum Gasteiger partial charge on any atom is -0.497 e. The summed E-state index contributed by atoms with van der Waals surface area (Å²) in [5.74, 6) is 0.672. The molecule has 1 N–H and O–H groups in total. The summed E-state index contributed by atoms with van der Waals surface area (Å²) in [6, 6.07) is 10.3. The second-order valence-corrected chi connectivity index (χ2v) is 8.00. The first-order valence-corrected chi connectivity index (χ1v) is 10.4. The molecule has 0 saturated heterocycles. The summed E-state index contributed by atoms with van der Waals surface area (Å²) in [7, 11) is 10.3. The molecule has 1 aliphatic heterocycles. The number of nitrogens with zero attached hydrogens (tertiary/aromatic N) is 2. The number of nitrogens with one attached hydrogen (secondary N) is 1. The van der Waals surface area contributed by atoms with Gasteiger partial charge < -0.3 is 29.3 Å². The normalized spacial score (nSPS) is 17.7. The second kappa shape index (κ2) is 9.91. The van der Waals surface area contributed by atoms with Gasteiger partial charge in [-0.1, -0.05) is 12.1 Å². The van der Waals surface area contributed by atoms with Crippen LogP contribution in [-0.2, 0) is 4.79 Å². The highest BCUT2D eigenvalue weighted by atomic mass is 16.5. The maximum atomic E-state index is 13.5. The van der Waals surface area contributed by atoms with E-state index in [0.29, 0.717) is 41.5 Å². The van der Waals surface area contributed by atoms with Crippen molar-refractivity contribution in [2.45, 2.75) is 12.0 Å². The Labute approximate surface area is 189 Å². The van der Waals surface area contributed by atoms with Crippen molar-refractivity contribution in [3.8, 4) is 17.2 Å². The first-order valence-electron chi connectivity index (χ1n) is 10.4. The molecule has 32 heavy (non-hydrogen) atoms. The van der Waals surface area contributed by atoms with Gasteiger partial charge in [0, 0.05) is 25.7 Å². The van der Waals surface area contributed by atoms with E-state index in [1.807, 2.05) is 43.3 Å². The Hall–Kier alpha value is -3.26. The highest BCUT2D eigenvalue weighted by molar-refractivity contribution is 6.02. The molecule has 0 spiro atoms. The minimum atomic E-state index is -0.622.